The molecule has 0 N–H and O–H groups in total. The van der Waals surface area contributed by atoms with Crippen LogP contribution in [0.1, 0.15) is 21.6 Å². The van der Waals surface area contributed by atoms with E-state index in [1.807, 2.05) is 34.9 Å². The highest BCUT2D eigenvalue weighted by atomic mass is 127. The van der Waals surface area contributed by atoms with E-state index in [0.717, 1.165) is 5.56 Å². The number of methoxy groups -OCH3 is 4. The van der Waals surface area contributed by atoms with Crippen molar-refractivity contribution in [3.8, 4) is 17.2 Å². The van der Waals surface area contributed by atoms with Crippen LogP contribution in [0.3, 0.4) is 0 Å². The number of carbonyl (C=O) groups is 2. The molecule has 0 saturated heterocycles. The molecule has 3 aromatic carbocycles. The van der Waals surface area contributed by atoms with Crippen molar-refractivity contribution >= 4 is 51.1 Å². The molecule has 0 bridgehead atoms. The van der Waals surface area contributed by atoms with Crippen molar-refractivity contribution in [1.82, 2.24) is 9.47 Å². The molecule has 12 heteroatoms. The van der Waals surface area contributed by atoms with E-state index in [0.29, 0.717) is 49.5 Å². The van der Waals surface area contributed by atoms with Crippen LogP contribution >= 0.6 is 22.6 Å². The lowest BCUT2D eigenvalue weighted by atomic mass is 10.1. The molecule has 4 aromatic rings. The molecule has 0 aliphatic rings. The molecular formula is C31H30IN3O8. The molecule has 1 heterocycles. The van der Waals surface area contributed by atoms with Crippen molar-refractivity contribution in [2.45, 2.75) is 13.1 Å². The Hall–Kier alpha value is -4.59. The highest BCUT2D eigenvalue weighted by Crippen LogP contribution is 2.33. The molecule has 0 saturated carbocycles. The maximum atomic E-state index is 14.5. The summed E-state index contributed by atoms with van der Waals surface area (Å²) in [5.41, 5.74) is 2.56. The van der Waals surface area contributed by atoms with Crippen molar-refractivity contribution in [2.24, 2.45) is 0 Å². The average Bonchev–Trinajstić information content (AvgIpc) is 3.30. The molecule has 1 amide bonds. The van der Waals surface area contributed by atoms with Crippen LogP contribution in [-0.4, -0.2) is 61.3 Å². The van der Waals surface area contributed by atoms with Crippen LogP contribution in [0.4, 0.5) is 5.69 Å². The van der Waals surface area contributed by atoms with Gasteiger partial charge in [0.25, 0.3) is 11.6 Å². The molecule has 0 aliphatic carbocycles. The first kappa shape index (κ1) is 31.3. The van der Waals surface area contributed by atoms with Gasteiger partial charge in [-0.05, 0) is 58.5 Å². The van der Waals surface area contributed by atoms with Crippen molar-refractivity contribution in [3.63, 3.8) is 0 Å². The normalized spacial score (nSPS) is 11.0. The van der Waals surface area contributed by atoms with Gasteiger partial charge in [-0.15, -0.1) is 0 Å². The number of halogens is 1. The van der Waals surface area contributed by atoms with Gasteiger partial charge in [-0.25, -0.2) is 4.79 Å². The zero-order valence-electron chi connectivity index (χ0n) is 24.0. The number of nitrogens with zero attached hydrogens (tertiary/aromatic N) is 3. The van der Waals surface area contributed by atoms with E-state index in [-0.39, 0.29) is 24.7 Å². The number of ether oxygens (including phenoxy) is 4. The lowest BCUT2D eigenvalue weighted by Crippen LogP contribution is -2.33. The summed E-state index contributed by atoms with van der Waals surface area (Å²) < 4.78 is 23.3. The quantitative estimate of drug-likeness (QED) is 0.0616. The Morgan fingerprint density at radius 3 is 2.28 bits per heavy atom. The number of carbonyl (C=O) groups excluding carboxylic acids is 2. The summed E-state index contributed by atoms with van der Waals surface area (Å²) in [5, 5.41) is 12.2. The van der Waals surface area contributed by atoms with Crippen molar-refractivity contribution in [3.05, 3.63) is 103 Å². The summed E-state index contributed by atoms with van der Waals surface area (Å²) in [6.07, 6.45) is 2.81. The van der Waals surface area contributed by atoms with Crippen LogP contribution in [0.5, 0.6) is 17.2 Å². The van der Waals surface area contributed by atoms with E-state index in [1.165, 1.54) is 32.4 Å². The summed E-state index contributed by atoms with van der Waals surface area (Å²) in [5.74, 6) is 0.923. The minimum Gasteiger partial charge on any atom is -0.497 e. The van der Waals surface area contributed by atoms with E-state index in [4.69, 9.17) is 18.9 Å². The molecule has 0 atom stereocenters. The third-order valence-corrected chi connectivity index (χ3v) is 7.91. The summed E-state index contributed by atoms with van der Waals surface area (Å²) >= 11 is 2.07. The molecule has 224 valence electrons. The fourth-order valence-corrected chi connectivity index (χ4v) is 5.56. The first-order valence-corrected chi connectivity index (χ1v) is 14.1. The number of non-ortho nitro benzene ring substituents is 1. The first-order valence-electron chi connectivity index (χ1n) is 13.0. The van der Waals surface area contributed by atoms with Crippen LogP contribution in [0.2, 0.25) is 0 Å². The minimum absolute atomic E-state index is 0.0728. The number of nitro benzene ring substituents is 1. The number of benzene rings is 3. The number of esters is 1. The van der Waals surface area contributed by atoms with Crippen LogP contribution in [0.15, 0.2) is 72.8 Å². The molecule has 1 aromatic heterocycles. The molecule has 43 heavy (non-hydrogen) atoms. The predicted octanol–water partition coefficient (Wildman–Crippen LogP) is 5.60. The average molecular weight is 699 g/mol. The van der Waals surface area contributed by atoms with Gasteiger partial charge in [-0.2, -0.15) is 0 Å². The van der Waals surface area contributed by atoms with E-state index < -0.39 is 10.9 Å². The molecule has 0 aliphatic heterocycles. The van der Waals surface area contributed by atoms with Gasteiger partial charge >= 0.3 is 5.97 Å². The van der Waals surface area contributed by atoms with Crippen molar-refractivity contribution < 1.29 is 33.5 Å². The number of amides is 1. The minimum atomic E-state index is -0.551. The second-order valence-electron chi connectivity index (χ2n) is 9.34. The zero-order valence-corrected chi connectivity index (χ0v) is 26.2. The zero-order chi connectivity index (χ0) is 31.1. The monoisotopic (exact) mass is 699 g/mol. The molecular weight excluding hydrogens is 669 g/mol. The number of fused-ring (bicyclic) bond motifs is 1. The van der Waals surface area contributed by atoms with Gasteiger partial charge in [-0.1, -0.05) is 18.2 Å². The van der Waals surface area contributed by atoms with Gasteiger partial charge in [0.05, 0.1) is 49.0 Å². The number of aromatic nitrogens is 1. The highest BCUT2D eigenvalue weighted by molar-refractivity contribution is 14.1. The summed E-state index contributed by atoms with van der Waals surface area (Å²) in [6.45, 7) is 0.529. The number of nitro groups is 1. The van der Waals surface area contributed by atoms with Gasteiger partial charge in [-0.3, -0.25) is 14.9 Å². The van der Waals surface area contributed by atoms with E-state index >= 15 is 0 Å². The molecule has 11 nitrogen and oxygen atoms in total. The van der Waals surface area contributed by atoms with Gasteiger partial charge in [0.2, 0.25) is 0 Å². The molecule has 0 spiro atoms. The van der Waals surface area contributed by atoms with Crippen LogP contribution in [0.25, 0.3) is 10.9 Å². The van der Waals surface area contributed by atoms with Crippen LogP contribution < -0.4 is 14.2 Å². The fraction of sp³-hybridized carbons (Fsp3) is 0.226. The third kappa shape index (κ3) is 7.08. The summed E-state index contributed by atoms with van der Waals surface area (Å²) in [6, 6.07) is 17.3. The van der Waals surface area contributed by atoms with Crippen molar-refractivity contribution in [2.75, 3.05) is 35.0 Å². The standard InChI is InChI=1S/C31H30IN3O8/c1-40-23-11-7-20(8-12-23)18-34-26-14-10-22(35(38)39)16-25(26)29(32)30(34)31(37)33(15-5-6-28(36)43-4)19-21-9-13-24(41-2)17-27(21)42-3/h5-14,16-17H,15,18-19H2,1-4H3. The largest absolute Gasteiger partial charge is 0.497 e. The van der Waals surface area contributed by atoms with E-state index in [1.54, 1.807) is 43.4 Å². The number of hydrogen-bond donors (Lipinski definition) is 0. The van der Waals surface area contributed by atoms with Gasteiger partial charge in [0, 0.05) is 48.3 Å². The number of hydrogen-bond acceptors (Lipinski definition) is 8. The molecule has 4 rings (SSSR count). The van der Waals surface area contributed by atoms with Gasteiger partial charge in [0.15, 0.2) is 0 Å². The fourth-order valence-electron chi connectivity index (χ4n) is 4.60. The third-order valence-electron chi connectivity index (χ3n) is 6.82. The first-order chi connectivity index (χ1) is 20.7. The Kier molecular flexibility index (Phi) is 10.2. The molecule has 0 radical (unpaired) electrons. The predicted molar refractivity (Wildman–Crippen MR) is 169 cm³/mol. The highest BCUT2D eigenvalue weighted by Gasteiger charge is 2.27. The summed E-state index contributed by atoms with van der Waals surface area (Å²) in [7, 11) is 5.94. The van der Waals surface area contributed by atoms with E-state index in [2.05, 4.69) is 22.6 Å². The van der Waals surface area contributed by atoms with Gasteiger partial charge in [0.1, 0.15) is 22.9 Å². The lowest BCUT2D eigenvalue weighted by Gasteiger charge is -2.24. The Morgan fingerprint density at radius 1 is 0.953 bits per heavy atom. The summed E-state index contributed by atoms with van der Waals surface area (Å²) in [4.78, 5) is 39.0. The van der Waals surface area contributed by atoms with Crippen LogP contribution in [0, 0.1) is 13.7 Å². The van der Waals surface area contributed by atoms with E-state index in [9.17, 15) is 19.7 Å². The van der Waals surface area contributed by atoms with Gasteiger partial charge < -0.3 is 28.4 Å². The Labute approximate surface area is 261 Å². The lowest BCUT2D eigenvalue weighted by molar-refractivity contribution is -0.384. The number of rotatable bonds is 12. The Morgan fingerprint density at radius 2 is 1.65 bits per heavy atom. The Bertz CT molecular complexity index is 1680. The smallest absolute Gasteiger partial charge is 0.330 e. The maximum Gasteiger partial charge on any atom is 0.330 e. The topological polar surface area (TPSA) is 122 Å². The molecule has 0 unspecified atom stereocenters. The second kappa shape index (κ2) is 14.1. The molecule has 0 fully saturated rings. The second-order valence-corrected chi connectivity index (χ2v) is 10.4. The SMILES string of the molecule is COC(=O)C=CCN(Cc1ccc(OC)cc1OC)C(=O)c1c(I)c2cc([N+](=O)[O-])ccc2n1Cc1ccc(OC)cc1. The van der Waals surface area contributed by atoms with Crippen LogP contribution in [-0.2, 0) is 22.6 Å². The maximum absolute atomic E-state index is 14.5. The Balaban J connectivity index is 1.85. The van der Waals surface area contributed by atoms with Crippen molar-refractivity contribution in [1.29, 1.82) is 0 Å².